The average molecular weight is 243 g/mol. The minimum Gasteiger partial charge on any atom is -0.352 e. The first-order chi connectivity index (χ1) is 7.88. The second-order valence-electron chi connectivity index (χ2n) is 4.67. The fraction of sp³-hybridized carbons (Fsp3) is 0.833. The summed E-state index contributed by atoms with van der Waals surface area (Å²) in [7, 11) is 1.61. The largest absolute Gasteiger partial charge is 0.352 e. The smallest absolute Gasteiger partial charge is 0.239 e. The van der Waals surface area contributed by atoms with Crippen molar-refractivity contribution in [2.24, 2.45) is 5.73 Å². The Balaban J connectivity index is 4.08. The SMILES string of the molecule is CCCC[C@H](N)C(=O)N(C)CC(=O)NC(C)C. The molecule has 5 nitrogen and oxygen atoms in total. The van der Waals surface area contributed by atoms with E-state index in [2.05, 4.69) is 12.2 Å². The maximum absolute atomic E-state index is 11.8. The molecule has 0 radical (unpaired) electrons. The van der Waals surface area contributed by atoms with Gasteiger partial charge < -0.3 is 16.0 Å². The van der Waals surface area contributed by atoms with E-state index < -0.39 is 6.04 Å². The summed E-state index contributed by atoms with van der Waals surface area (Å²) in [5.41, 5.74) is 5.76. The molecule has 5 heteroatoms. The quantitative estimate of drug-likeness (QED) is 0.683. The molecule has 0 aliphatic carbocycles. The second kappa shape index (κ2) is 8.06. The van der Waals surface area contributed by atoms with Crippen LogP contribution in [0.3, 0.4) is 0 Å². The van der Waals surface area contributed by atoms with E-state index in [1.54, 1.807) is 7.05 Å². The molecule has 0 saturated heterocycles. The number of unbranched alkanes of at least 4 members (excludes halogenated alkanes) is 1. The molecular weight excluding hydrogens is 218 g/mol. The molecule has 2 amide bonds. The van der Waals surface area contributed by atoms with Crippen molar-refractivity contribution in [2.75, 3.05) is 13.6 Å². The lowest BCUT2D eigenvalue weighted by Gasteiger charge is -2.21. The number of rotatable bonds is 7. The number of hydrogen-bond donors (Lipinski definition) is 2. The Morgan fingerprint density at radius 3 is 2.41 bits per heavy atom. The normalized spacial score (nSPS) is 12.4. The zero-order valence-corrected chi connectivity index (χ0v) is 11.3. The van der Waals surface area contributed by atoms with Gasteiger partial charge in [0.15, 0.2) is 0 Å². The van der Waals surface area contributed by atoms with E-state index in [-0.39, 0.29) is 24.4 Å². The first-order valence-corrected chi connectivity index (χ1v) is 6.18. The van der Waals surface area contributed by atoms with Gasteiger partial charge in [0.05, 0.1) is 12.6 Å². The standard InChI is InChI=1S/C12H25N3O2/c1-5-6-7-10(13)12(17)15(4)8-11(16)14-9(2)3/h9-10H,5-8,13H2,1-4H3,(H,14,16)/t10-/m0/s1. The molecule has 0 aliphatic heterocycles. The third-order valence-electron chi connectivity index (χ3n) is 2.39. The first-order valence-electron chi connectivity index (χ1n) is 6.18. The van der Waals surface area contributed by atoms with Gasteiger partial charge in [-0.1, -0.05) is 19.8 Å². The Kier molecular flexibility index (Phi) is 7.54. The van der Waals surface area contributed by atoms with Gasteiger partial charge in [-0.25, -0.2) is 0 Å². The Bertz CT molecular complexity index is 254. The third-order valence-corrected chi connectivity index (χ3v) is 2.39. The molecule has 0 unspecified atom stereocenters. The molecular formula is C12H25N3O2. The summed E-state index contributed by atoms with van der Waals surface area (Å²) in [5.74, 6) is -0.323. The van der Waals surface area contributed by atoms with Gasteiger partial charge in [0.2, 0.25) is 11.8 Å². The van der Waals surface area contributed by atoms with Crippen LogP contribution < -0.4 is 11.1 Å². The van der Waals surface area contributed by atoms with Crippen molar-refractivity contribution in [3.63, 3.8) is 0 Å². The van der Waals surface area contributed by atoms with Gasteiger partial charge in [-0.2, -0.15) is 0 Å². The van der Waals surface area contributed by atoms with Gasteiger partial charge in [0, 0.05) is 13.1 Å². The zero-order chi connectivity index (χ0) is 13.4. The number of hydrogen-bond acceptors (Lipinski definition) is 3. The topological polar surface area (TPSA) is 75.4 Å². The van der Waals surface area contributed by atoms with Crippen LogP contribution in [0.5, 0.6) is 0 Å². The van der Waals surface area contributed by atoms with Crippen molar-refractivity contribution in [3.05, 3.63) is 0 Å². The predicted molar refractivity (Wildman–Crippen MR) is 68.4 cm³/mol. The van der Waals surface area contributed by atoms with Crippen molar-refractivity contribution in [3.8, 4) is 0 Å². The van der Waals surface area contributed by atoms with Crippen LogP contribution in [0.4, 0.5) is 0 Å². The number of nitrogens with one attached hydrogen (secondary N) is 1. The number of likely N-dealkylation sites (N-methyl/N-ethyl adjacent to an activating group) is 1. The first kappa shape index (κ1) is 15.9. The lowest BCUT2D eigenvalue weighted by atomic mass is 10.1. The van der Waals surface area contributed by atoms with E-state index in [9.17, 15) is 9.59 Å². The van der Waals surface area contributed by atoms with Crippen molar-refractivity contribution in [1.29, 1.82) is 0 Å². The van der Waals surface area contributed by atoms with Crippen LogP contribution in [0, 0.1) is 0 Å². The van der Waals surface area contributed by atoms with Crippen molar-refractivity contribution < 1.29 is 9.59 Å². The average Bonchev–Trinajstić information content (AvgIpc) is 2.23. The summed E-state index contributed by atoms with van der Waals surface area (Å²) in [6.07, 6.45) is 2.61. The molecule has 1 atom stereocenters. The van der Waals surface area contributed by atoms with Crippen molar-refractivity contribution in [2.45, 2.75) is 52.1 Å². The molecule has 0 aromatic heterocycles. The summed E-state index contributed by atoms with van der Waals surface area (Å²) in [6, 6.07) is -0.411. The highest BCUT2D eigenvalue weighted by Crippen LogP contribution is 2.01. The van der Waals surface area contributed by atoms with Crippen LogP contribution in [0.25, 0.3) is 0 Å². The summed E-state index contributed by atoms with van der Waals surface area (Å²) in [4.78, 5) is 24.6. The number of amides is 2. The molecule has 0 saturated carbocycles. The molecule has 0 fully saturated rings. The molecule has 0 heterocycles. The zero-order valence-electron chi connectivity index (χ0n) is 11.3. The summed E-state index contributed by atoms with van der Waals surface area (Å²) >= 11 is 0. The highest BCUT2D eigenvalue weighted by molar-refractivity contribution is 5.87. The van der Waals surface area contributed by atoms with Crippen LogP contribution >= 0.6 is 0 Å². The van der Waals surface area contributed by atoms with Gasteiger partial charge in [-0.05, 0) is 20.3 Å². The Hall–Kier alpha value is -1.10. The molecule has 0 bridgehead atoms. The van der Waals surface area contributed by atoms with Crippen LogP contribution in [0.1, 0.15) is 40.0 Å². The lowest BCUT2D eigenvalue weighted by Crippen LogP contribution is -2.46. The number of nitrogens with zero attached hydrogens (tertiary/aromatic N) is 1. The van der Waals surface area contributed by atoms with Gasteiger partial charge in [-0.3, -0.25) is 9.59 Å². The van der Waals surface area contributed by atoms with E-state index in [0.717, 1.165) is 12.8 Å². The minimum atomic E-state index is -0.494. The Morgan fingerprint density at radius 2 is 1.94 bits per heavy atom. The molecule has 0 rings (SSSR count). The summed E-state index contributed by atoms with van der Waals surface area (Å²) in [6.45, 7) is 5.88. The van der Waals surface area contributed by atoms with Gasteiger partial charge >= 0.3 is 0 Å². The van der Waals surface area contributed by atoms with Gasteiger partial charge in [-0.15, -0.1) is 0 Å². The molecule has 0 aliphatic rings. The second-order valence-corrected chi connectivity index (χ2v) is 4.67. The predicted octanol–water partition coefficient (Wildman–Crippen LogP) is 0.487. The lowest BCUT2D eigenvalue weighted by molar-refractivity contribution is -0.136. The van der Waals surface area contributed by atoms with Crippen molar-refractivity contribution >= 4 is 11.8 Å². The van der Waals surface area contributed by atoms with Crippen LogP contribution in [-0.2, 0) is 9.59 Å². The van der Waals surface area contributed by atoms with Crippen LogP contribution in [-0.4, -0.2) is 42.4 Å². The molecule has 0 spiro atoms. The van der Waals surface area contributed by atoms with E-state index >= 15 is 0 Å². The van der Waals surface area contributed by atoms with Crippen LogP contribution in [0.2, 0.25) is 0 Å². The third kappa shape index (κ3) is 6.94. The molecule has 100 valence electrons. The van der Waals surface area contributed by atoms with E-state index in [0.29, 0.717) is 6.42 Å². The highest BCUT2D eigenvalue weighted by atomic mass is 16.2. The maximum Gasteiger partial charge on any atom is 0.239 e. The summed E-state index contributed by atoms with van der Waals surface area (Å²) in [5, 5.41) is 2.74. The van der Waals surface area contributed by atoms with Gasteiger partial charge in [0.1, 0.15) is 0 Å². The van der Waals surface area contributed by atoms with Crippen molar-refractivity contribution in [1.82, 2.24) is 10.2 Å². The summed E-state index contributed by atoms with van der Waals surface area (Å²) < 4.78 is 0. The van der Waals surface area contributed by atoms with Crippen LogP contribution in [0.15, 0.2) is 0 Å². The van der Waals surface area contributed by atoms with Gasteiger partial charge in [0.25, 0.3) is 0 Å². The van der Waals surface area contributed by atoms with E-state index in [4.69, 9.17) is 5.73 Å². The molecule has 0 aromatic carbocycles. The fourth-order valence-corrected chi connectivity index (χ4v) is 1.49. The maximum atomic E-state index is 11.8. The Labute approximate surface area is 104 Å². The number of carbonyl (C=O) groups is 2. The van der Waals surface area contributed by atoms with E-state index in [1.165, 1.54) is 4.90 Å². The Morgan fingerprint density at radius 1 is 1.35 bits per heavy atom. The number of carbonyl (C=O) groups excluding carboxylic acids is 2. The minimum absolute atomic E-state index is 0.0663. The monoisotopic (exact) mass is 243 g/mol. The number of nitrogens with two attached hydrogens (primary N) is 1. The molecule has 3 N–H and O–H groups in total. The molecule has 0 aromatic rings. The molecule has 17 heavy (non-hydrogen) atoms. The highest BCUT2D eigenvalue weighted by Gasteiger charge is 2.19. The van der Waals surface area contributed by atoms with E-state index in [1.807, 2.05) is 13.8 Å². The fourth-order valence-electron chi connectivity index (χ4n) is 1.49.